The average molecular weight is 287 g/mol. The number of ketones is 1. The van der Waals surface area contributed by atoms with Gasteiger partial charge in [-0.05, 0) is 11.1 Å². The number of rotatable bonds is 2. The second-order valence-electron chi connectivity index (χ2n) is 5.48. The number of Topliss-reactive ketones (excluding diaryl/α,β-unsaturated/α-hetero) is 1. The lowest BCUT2D eigenvalue weighted by Crippen LogP contribution is -2.66. The van der Waals surface area contributed by atoms with Crippen LogP contribution < -0.4 is 16.6 Å². The summed E-state index contributed by atoms with van der Waals surface area (Å²) in [7, 11) is 0. The summed E-state index contributed by atoms with van der Waals surface area (Å²) in [5.74, 6) is 4.66. The van der Waals surface area contributed by atoms with Gasteiger partial charge in [0.15, 0.2) is 5.54 Å². The van der Waals surface area contributed by atoms with Gasteiger partial charge in [-0.3, -0.25) is 20.3 Å². The van der Waals surface area contributed by atoms with Gasteiger partial charge in [0.05, 0.1) is 0 Å². The Morgan fingerprint density at radius 3 is 2.86 bits per heavy atom. The van der Waals surface area contributed by atoms with Gasteiger partial charge >= 0.3 is 0 Å². The Kier molecular flexibility index (Phi) is 3.16. The summed E-state index contributed by atoms with van der Waals surface area (Å²) >= 11 is 0. The Bertz CT molecular complexity index is 643. The number of benzene rings is 1. The number of hydrogen-bond donors (Lipinski definition) is 4. The summed E-state index contributed by atoms with van der Waals surface area (Å²) in [4.78, 5) is 24.3. The second kappa shape index (κ2) is 4.77. The maximum absolute atomic E-state index is 12.5. The topological polar surface area (TPSA) is 104 Å². The molecule has 1 heterocycles. The Morgan fingerprint density at radius 2 is 2.14 bits per heavy atom. The minimum atomic E-state index is -1.64. The first-order valence-electron chi connectivity index (χ1n) is 6.80. The number of amides is 1. The zero-order valence-corrected chi connectivity index (χ0v) is 11.4. The van der Waals surface area contributed by atoms with Gasteiger partial charge in [-0.25, -0.2) is 5.84 Å². The van der Waals surface area contributed by atoms with Crippen molar-refractivity contribution in [3.8, 4) is 0 Å². The van der Waals surface area contributed by atoms with Gasteiger partial charge in [0.25, 0.3) is 5.91 Å². The van der Waals surface area contributed by atoms with E-state index in [1.54, 1.807) is 18.2 Å². The van der Waals surface area contributed by atoms with E-state index >= 15 is 0 Å². The van der Waals surface area contributed by atoms with Gasteiger partial charge in [-0.1, -0.05) is 36.4 Å². The first-order valence-corrected chi connectivity index (χ1v) is 6.80. The normalized spacial score (nSPS) is 31.0. The molecule has 6 heteroatoms. The molecular formula is C15H17N3O3. The van der Waals surface area contributed by atoms with E-state index in [9.17, 15) is 14.7 Å². The van der Waals surface area contributed by atoms with Crippen molar-refractivity contribution in [1.82, 2.24) is 10.7 Å². The molecule has 2 atom stereocenters. The largest absolute Gasteiger partial charge is 0.382 e. The van der Waals surface area contributed by atoms with Crippen molar-refractivity contribution in [3.63, 3.8) is 0 Å². The summed E-state index contributed by atoms with van der Waals surface area (Å²) < 4.78 is 0. The number of fused-ring (bicyclic) bond motifs is 1. The van der Waals surface area contributed by atoms with Crippen molar-refractivity contribution in [1.29, 1.82) is 0 Å². The molecule has 0 saturated carbocycles. The second-order valence-corrected chi connectivity index (χ2v) is 5.48. The summed E-state index contributed by atoms with van der Waals surface area (Å²) in [6, 6.07) is 7.31. The zero-order valence-electron chi connectivity index (χ0n) is 11.4. The van der Waals surface area contributed by atoms with Crippen LogP contribution in [0, 0.1) is 0 Å². The molecule has 1 amide bonds. The number of aliphatic hydroxyl groups is 1. The van der Waals surface area contributed by atoms with Crippen LogP contribution in [0.2, 0.25) is 0 Å². The highest BCUT2D eigenvalue weighted by Crippen LogP contribution is 2.44. The van der Waals surface area contributed by atoms with E-state index in [1.807, 2.05) is 12.1 Å². The molecule has 110 valence electrons. The fraction of sp³-hybridized carbons (Fsp3) is 0.333. The van der Waals surface area contributed by atoms with Crippen LogP contribution >= 0.6 is 0 Å². The number of allylic oxidation sites excluding steroid dienone is 1. The van der Waals surface area contributed by atoms with Crippen LogP contribution in [0.3, 0.4) is 0 Å². The third kappa shape index (κ3) is 1.84. The summed E-state index contributed by atoms with van der Waals surface area (Å²) in [5, 5.41) is 14.1. The van der Waals surface area contributed by atoms with Crippen LogP contribution in [-0.2, 0) is 21.7 Å². The Labute approximate surface area is 122 Å². The molecule has 0 aromatic heterocycles. The van der Waals surface area contributed by atoms with E-state index in [4.69, 9.17) is 5.84 Å². The lowest BCUT2D eigenvalue weighted by Gasteiger charge is -2.43. The summed E-state index contributed by atoms with van der Waals surface area (Å²) in [5.41, 5.74) is 0.577. The number of hydrazine groups is 1. The molecular weight excluding hydrogens is 270 g/mol. The lowest BCUT2D eigenvalue weighted by molar-refractivity contribution is -0.141. The highest BCUT2D eigenvalue weighted by molar-refractivity contribution is 5.93. The summed E-state index contributed by atoms with van der Waals surface area (Å²) in [6.45, 7) is 0.425. The zero-order chi connectivity index (χ0) is 15.1. The molecule has 6 nitrogen and oxygen atoms in total. The third-order valence-corrected chi connectivity index (χ3v) is 4.29. The third-order valence-electron chi connectivity index (χ3n) is 4.29. The lowest BCUT2D eigenvalue weighted by atomic mass is 9.70. The predicted molar refractivity (Wildman–Crippen MR) is 75.6 cm³/mol. The Balaban J connectivity index is 2.21. The number of carbonyl (C=O) groups excluding carboxylic acids is 2. The van der Waals surface area contributed by atoms with E-state index in [0.717, 1.165) is 5.56 Å². The fourth-order valence-corrected chi connectivity index (χ4v) is 3.33. The molecule has 2 unspecified atom stereocenters. The number of hydrogen-bond acceptors (Lipinski definition) is 5. The molecule has 0 spiro atoms. The van der Waals surface area contributed by atoms with Crippen molar-refractivity contribution in [3.05, 3.63) is 47.5 Å². The fourth-order valence-electron chi connectivity index (χ4n) is 3.33. The molecule has 0 bridgehead atoms. The molecule has 1 aromatic rings. The van der Waals surface area contributed by atoms with Crippen molar-refractivity contribution in [2.75, 3.05) is 0 Å². The number of carbonyl (C=O) groups is 2. The van der Waals surface area contributed by atoms with Crippen LogP contribution in [0.5, 0.6) is 0 Å². The smallest absolute Gasteiger partial charge is 0.262 e. The van der Waals surface area contributed by atoms with E-state index in [1.165, 1.54) is 6.08 Å². The molecule has 3 rings (SSSR count). The molecule has 1 aromatic carbocycles. The molecule has 0 radical (unpaired) electrons. The van der Waals surface area contributed by atoms with E-state index in [2.05, 4.69) is 10.7 Å². The average Bonchev–Trinajstić information content (AvgIpc) is 2.87. The highest BCUT2D eigenvalue weighted by Gasteiger charge is 2.59. The van der Waals surface area contributed by atoms with Crippen LogP contribution in [-0.4, -0.2) is 22.4 Å². The first-order chi connectivity index (χ1) is 10.0. The number of nitrogens with two attached hydrogens (primary N) is 1. The number of nitrogens with one attached hydrogen (secondary N) is 2. The predicted octanol–water partition coefficient (Wildman–Crippen LogP) is -0.375. The van der Waals surface area contributed by atoms with E-state index < -0.39 is 17.0 Å². The quantitative estimate of drug-likeness (QED) is 0.257. The molecule has 1 aliphatic heterocycles. The van der Waals surface area contributed by atoms with Crippen LogP contribution in [0.4, 0.5) is 0 Å². The first kappa shape index (κ1) is 13.9. The van der Waals surface area contributed by atoms with E-state index in [0.29, 0.717) is 12.1 Å². The molecule has 21 heavy (non-hydrogen) atoms. The highest BCUT2D eigenvalue weighted by atomic mass is 16.3. The minimum Gasteiger partial charge on any atom is -0.382 e. The van der Waals surface area contributed by atoms with Gasteiger partial charge in [0.1, 0.15) is 11.4 Å². The Hall–Kier alpha value is -2.02. The summed E-state index contributed by atoms with van der Waals surface area (Å²) in [6.07, 6.45) is 3.27. The van der Waals surface area contributed by atoms with Crippen molar-refractivity contribution in [2.45, 2.75) is 30.5 Å². The molecule has 2 aliphatic rings. The van der Waals surface area contributed by atoms with Gasteiger partial charge in [-0.15, -0.1) is 0 Å². The molecule has 5 N–H and O–H groups in total. The molecule has 0 fully saturated rings. The maximum Gasteiger partial charge on any atom is 0.262 e. The van der Waals surface area contributed by atoms with Crippen LogP contribution in [0.25, 0.3) is 0 Å². The minimum absolute atomic E-state index is 0.115. The molecule has 0 saturated heterocycles. The van der Waals surface area contributed by atoms with Crippen molar-refractivity contribution in [2.24, 2.45) is 5.84 Å². The van der Waals surface area contributed by atoms with Crippen LogP contribution in [0.15, 0.2) is 36.4 Å². The Morgan fingerprint density at radius 1 is 1.38 bits per heavy atom. The molecule has 1 aliphatic carbocycles. The van der Waals surface area contributed by atoms with Gasteiger partial charge < -0.3 is 5.11 Å². The van der Waals surface area contributed by atoms with Crippen molar-refractivity contribution >= 4 is 11.7 Å². The van der Waals surface area contributed by atoms with Gasteiger partial charge in [0.2, 0.25) is 0 Å². The maximum atomic E-state index is 12.5. The van der Waals surface area contributed by atoms with Crippen molar-refractivity contribution < 1.29 is 14.7 Å². The van der Waals surface area contributed by atoms with E-state index in [-0.39, 0.29) is 18.6 Å². The van der Waals surface area contributed by atoms with Crippen LogP contribution in [0.1, 0.15) is 24.0 Å². The van der Waals surface area contributed by atoms with Gasteiger partial charge in [-0.2, -0.15) is 0 Å². The SMILES string of the molecule is NNC(=O)C1(C2(O)C=CCC(=O)C2)NCc2ccccc21. The standard InChI is InChI=1S/C15H17N3O3/c16-18-13(20)15(14(21)7-3-5-11(19)8-14)12-6-2-1-4-10(12)9-17-15/h1-4,6-7,17,21H,5,8-9,16H2,(H,18,20). The van der Waals surface area contributed by atoms with Gasteiger partial charge in [0, 0.05) is 19.4 Å². The monoisotopic (exact) mass is 287 g/mol.